The number of halogens is 5. The monoisotopic (exact) mass is 364 g/mol. The second-order valence-electron chi connectivity index (χ2n) is 2.87. The molecule has 0 amide bonds. The molecule has 1 rings (SSSR count). The second-order valence-corrected chi connectivity index (χ2v) is 4.52. The van der Waals surface area contributed by atoms with Gasteiger partial charge in [-0.2, -0.15) is 0 Å². The summed E-state index contributed by atoms with van der Waals surface area (Å²) in [4.78, 5) is 11.1. The van der Waals surface area contributed by atoms with Crippen LogP contribution in [0.5, 0.6) is 5.75 Å². The molecule has 0 fully saturated rings. The third-order valence-corrected chi connectivity index (χ3v) is 2.51. The molecule has 2 nitrogen and oxygen atoms in total. The molecule has 0 aromatic heterocycles. The first kappa shape index (κ1) is 13.6. The van der Waals surface area contributed by atoms with Crippen LogP contribution in [0.1, 0.15) is 17.3 Å². The number of hydrogen-bond acceptors (Lipinski definition) is 2. The predicted octanol–water partition coefficient (Wildman–Crippen LogP) is 4.05. The summed E-state index contributed by atoms with van der Waals surface area (Å²) in [5.74, 6) is -1.19. The van der Waals surface area contributed by atoms with Crippen LogP contribution in [-0.2, 0) is 0 Å². The van der Waals surface area contributed by atoms with Crippen LogP contribution in [-0.4, -0.2) is 12.1 Å². The lowest BCUT2D eigenvalue weighted by molar-refractivity contribution is -0.274. The van der Waals surface area contributed by atoms with Gasteiger partial charge in [-0.05, 0) is 41.6 Å². The zero-order valence-electron chi connectivity index (χ0n) is 7.86. The van der Waals surface area contributed by atoms with Gasteiger partial charge in [0.1, 0.15) is 0 Å². The maximum Gasteiger partial charge on any atom is 0.573 e. The Bertz CT molecular complexity index is 431. The second kappa shape index (κ2) is 4.79. The van der Waals surface area contributed by atoms with Gasteiger partial charge in [0, 0.05) is 3.57 Å². The number of carbonyl (C=O) groups is 1. The third-order valence-electron chi connectivity index (χ3n) is 1.61. The van der Waals surface area contributed by atoms with E-state index in [-0.39, 0.29) is 10.6 Å². The highest BCUT2D eigenvalue weighted by atomic mass is 127. The Morgan fingerprint density at radius 3 is 2.44 bits per heavy atom. The van der Waals surface area contributed by atoms with Crippen molar-refractivity contribution >= 4 is 40.0 Å². The van der Waals surface area contributed by atoms with Gasteiger partial charge in [-0.25, -0.2) is 0 Å². The van der Waals surface area contributed by atoms with Crippen LogP contribution in [0.25, 0.3) is 0 Å². The summed E-state index contributed by atoms with van der Waals surface area (Å²) in [5, 5.41) is -0.241. The average molecular weight is 364 g/mol. The number of ketones is 1. The first-order valence-corrected chi connectivity index (χ1v) is 5.42. The van der Waals surface area contributed by atoms with E-state index in [4.69, 9.17) is 11.6 Å². The molecule has 7 heteroatoms. The Morgan fingerprint density at radius 2 is 2.00 bits per heavy atom. The van der Waals surface area contributed by atoms with Crippen molar-refractivity contribution in [2.45, 2.75) is 13.3 Å². The van der Waals surface area contributed by atoms with Gasteiger partial charge in [-0.15, -0.1) is 13.2 Å². The summed E-state index contributed by atoms with van der Waals surface area (Å²) in [6.45, 7) is 1.14. The van der Waals surface area contributed by atoms with Gasteiger partial charge < -0.3 is 4.74 Å². The van der Waals surface area contributed by atoms with Crippen LogP contribution in [0.2, 0.25) is 5.02 Å². The molecule has 1 aromatic carbocycles. The molecule has 88 valence electrons. The molecule has 0 radical (unpaired) electrons. The fourth-order valence-corrected chi connectivity index (χ4v) is 2.11. The van der Waals surface area contributed by atoms with Gasteiger partial charge in [0.05, 0.1) is 10.6 Å². The van der Waals surface area contributed by atoms with E-state index in [9.17, 15) is 18.0 Å². The van der Waals surface area contributed by atoms with Crippen molar-refractivity contribution in [3.63, 3.8) is 0 Å². The Kier molecular flexibility index (Phi) is 4.06. The number of carbonyl (C=O) groups excluding carboxylic acids is 1. The number of hydrogen-bond donors (Lipinski definition) is 0. The highest BCUT2D eigenvalue weighted by Crippen LogP contribution is 2.35. The normalized spacial score (nSPS) is 11.4. The minimum absolute atomic E-state index is 0.186. The SMILES string of the molecule is CC(=O)c1cc(I)cc(Cl)c1OC(F)(F)F. The van der Waals surface area contributed by atoms with Crippen LogP contribution < -0.4 is 4.74 Å². The number of benzene rings is 1. The van der Waals surface area contributed by atoms with Crippen molar-refractivity contribution in [2.75, 3.05) is 0 Å². The third kappa shape index (κ3) is 3.51. The number of Topliss-reactive ketones (excluding diaryl/α,β-unsaturated/α-hetero) is 1. The molecule has 0 aliphatic rings. The van der Waals surface area contributed by atoms with Gasteiger partial charge in [-0.1, -0.05) is 11.6 Å². The van der Waals surface area contributed by atoms with E-state index >= 15 is 0 Å². The van der Waals surface area contributed by atoms with E-state index in [0.29, 0.717) is 3.57 Å². The van der Waals surface area contributed by atoms with Crippen molar-refractivity contribution in [3.8, 4) is 5.75 Å². The lowest BCUT2D eigenvalue weighted by Crippen LogP contribution is -2.19. The van der Waals surface area contributed by atoms with Gasteiger partial charge >= 0.3 is 6.36 Å². The van der Waals surface area contributed by atoms with Crippen molar-refractivity contribution < 1.29 is 22.7 Å². The number of rotatable bonds is 2. The Morgan fingerprint density at radius 1 is 1.44 bits per heavy atom. The Hall–Kier alpha value is -0.500. The predicted molar refractivity (Wildman–Crippen MR) is 60.9 cm³/mol. The quantitative estimate of drug-likeness (QED) is 0.585. The molecule has 0 N–H and O–H groups in total. The molecule has 0 unspecified atom stereocenters. The molecule has 0 aliphatic heterocycles. The van der Waals surface area contributed by atoms with E-state index in [2.05, 4.69) is 4.74 Å². The Balaban J connectivity index is 3.30. The maximum atomic E-state index is 12.1. The van der Waals surface area contributed by atoms with E-state index in [1.54, 1.807) is 0 Å². The molecular weight excluding hydrogens is 359 g/mol. The van der Waals surface area contributed by atoms with Gasteiger partial charge in [-0.3, -0.25) is 4.79 Å². The topological polar surface area (TPSA) is 26.3 Å². The van der Waals surface area contributed by atoms with Crippen LogP contribution in [0, 0.1) is 3.57 Å². The zero-order valence-corrected chi connectivity index (χ0v) is 10.8. The lowest BCUT2D eigenvalue weighted by Gasteiger charge is -2.13. The van der Waals surface area contributed by atoms with E-state index in [1.807, 2.05) is 22.6 Å². The highest BCUT2D eigenvalue weighted by molar-refractivity contribution is 14.1. The number of alkyl halides is 3. The molecular formula is C9H5ClF3IO2. The zero-order chi connectivity index (χ0) is 12.5. The largest absolute Gasteiger partial charge is 0.573 e. The minimum atomic E-state index is -4.87. The molecule has 0 saturated carbocycles. The van der Waals surface area contributed by atoms with Gasteiger partial charge in [0.2, 0.25) is 0 Å². The van der Waals surface area contributed by atoms with Crippen LogP contribution >= 0.6 is 34.2 Å². The van der Waals surface area contributed by atoms with Gasteiger partial charge in [0.15, 0.2) is 11.5 Å². The lowest BCUT2D eigenvalue weighted by atomic mass is 10.1. The van der Waals surface area contributed by atoms with Crippen molar-refractivity contribution in [1.29, 1.82) is 0 Å². The summed E-state index contributed by atoms with van der Waals surface area (Å²) < 4.78 is 40.5. The van der Waals surface area contributed by atoms with Crippen LogP contribution in [0.4, 0.5) is 13.2 Å². The van der Waals surface area contributed by atoms with Gasteiger partial charge in [0.25, 0.3) is 0 Å². The maximum absolute atomic E-state index is 12.1. The minimum Gasteiger partial charge on any atom is -0.403 e. The average Bonchev–Trinajstić information content (AvgIpc) is 2.07. The molecule has 0 atom stereocenters. The first-order valence-electron chi connectivity index (χ1n) is 3.96. The molecule has 16 heavy (non-hydrogen) atoms. The van der Waals surface area contributed by atoms with Crippen molar-refractivity contribution in [2.24, 2.45) is 0 Å². The van der Waals surface area contributed by atoms with Crippen LogP contribution in [0.15, 0.2) is 12.1 Å². The van der Waals surface area contributed by atoms with Crippen LogP contribution in [0.3, 0.4) is 0 Å². The Labute approximate surface area is 108 Å². The fraction of sp³-hybridized carbons (Fsp3) is 0.222. The summed E-state index contributed by atoms with van der Waals surface area (Å²) in [7, 11) is 0. The molecule has 0 saturated heterocycles. The summed E-state index contributed by atoms with van der Waals surface area (Å²) in [6.07, 6.45) is -4.87. The summed E-state index contributed by atoms with van der Waals surface area (Å²) >= 11 is 7.45. The summed E-state index contributed by atoms with van der Waals surface area (Å²) in [6, 6.07) is 2.57. The molecule has 0 aliphatic carbocycles. The highest BCUT2D eigenvalue weighted by Gasteiger charge is 2.33. The standard InChI is InChI=1S/C9H5ClF3IO2/c1-4(15)6-2-5(14)3-7(10)8(6)16-9(11,12)13/h2-3H,1H3. The molecule has 0 bridgehead atoms. The van der Waals surface area contributed by atoms with Crippen molar-refractivity contribution in [3.05, 3.63) is 26.3 Å². The smallest absolute Gasteiger partial charge is 0.403 e. The fourth-order valence-electron chi connectivity index (χ4n) is 1.04. The summed E-state index contributed by atoms with van der Waals surface area (Å²) in [5.41, 5.74) is -0.186. The first-order chi connectivity index (χ1) is 7.20. The van der Waals surface area contributed by atoms with E-state index in [0.717, 1.165) is 6.92 Å². The van der Waals surface area contributed by atoms with E-state index in [1.165, 1.54) is 12.1 Å². The molecule has 0 spiro atoms. The van der Waals surface area contributed by atoms with Crippen molar-refractivity contribution in [1.82, 2.24) is 0 Å². The molecule has 0 heterocycles. The van der Waals surface area contributed by atoms with E-state index < -0.39 is 17.9 Å². The number of ether oxygens (including phenoxy) is 1. The molecule has 1 aromatic rings.